The van der Waals surface area contributed by atoms with Crippen LogP contribution in [0.4, 0.5) is 0 Å². The zero-order chi connectivity index (χ0) is 12.6. The van der Waals surface area contributed by atoms with Crippen molar-refractivity contribution in [1.82, 2.24) is 14.7 Å². The van der Waals surface area contributed by atoms with Crippen LogP contribution in [-0.4, -0.2) is 39.1 Å². The summed E-state index contributed by atoms with van der Waals surface area (Å²) in [4.78, 5) is 4.52. The summed E-state index contributed by atoms with van der Waals surface area (Å²) in [6, 6.07) is 6.01. The smallest absolute Gasteiger partial charge is 0.137 e. The van der Waals surface area contributed by atoms with Gasteiger partial charge < -0.3 is 14.8 Å². The Balaban J connectivity index is 1.67. The number of aromatic nitrogens is 2. The van der Waals surface area contributed by atoms with Gasteiger partial charge in [0.2, 0.25) is 0 Å². The molecule has 2 rings (SSSR count). The van der Waals surface area contributed by atoms with Crippen LogP contribution in [0.5, 0.6) is 0 Å². The molecule has 0 radical (unpaired) electrons. The summed E-state index contributed by atoms with van der Waals surface area (Å²) < 4.78 is 2.03. The van der Waals surface area contributed by atoms with Crippen LogP contribution in [-0.2, 0) is 6.54 Å². The lowest BCUT2D eigenvalue weighted by molar-refractivity contribution is 0.296. The third kappa shape index (κ3) is 4.01. The van der Waals surface area contributed by atoms with Crippen molar-refractivity contribution in [2.75, 3.05) is 24.7 Å². The summed E-state index contributed by atoms with van der Waals surface area (Å²) in [5, 5.41) is 12.0. The largest absolute Gasteiger partial charge is 0.396 e. The summed E-state index contributed by atoms with van der Waals surface area (Å²) in [6.45, 7) is 2.08. The molecule has 98 valence electrons. The molecule has 0 atom stereocenters. The SMILES string of the molecule is OCCCSCCNCc1cn2ccccc2n1. The molecule has 0 spiro atoms. The lowest BCUT2D eigenvalue weighted by Gasteiger charge is -2.02. The van der Waals surface area contributed by atoms with Gasteiger partial charge in [0.25, 0.3) is 0 Å². The predicted molar refractivity (Wildman–Crippen MR) is 75.9 cm³/mol. The summed E-state index contributed by atoms with van der Waals surface area (Å²) >= 11 is 1.87. The van der Waals surface area contributed by atoms with Crippen molar-refractivity contribution in [2.45, 2.75) is 13.0 Å². The van der Waals surface area contributed by atoms with Gasteiger partial charge in [-0.1, -0.05) is 6.07 Å². The maximum absolute atomic E-state index is 8.65. The van der Waals surface area contributed by atoms with Gasteiger partial charge in [0.05, 0.1) is 5.69 Å². The van der Waals surface area contributed by atoms with Crippen LogP contribution in [0.1, 0.15) is 12.1 Å². The molecule has 0 fully saturated rings. The van der Waals surface area contributed by atoms with Crippen molar-refractivity contribution < 1.29 is 5.11 Å². The number of thioether (sulfide) groups is 1. The number of hydrogen-bond donors (Lipinski definition) is 2. The van der Waals surface area contributed by atoms with E-state index in [2.05, 4.69) is 16.5 Å². The maximum atomic E-state index is 8.65. The molecular formula is C13H19N3OS. The molecule has 0 saturated heterocycles. The first-order chi connectivity index (χ1) is 8.90. The zero-order valence-corrected chi connectivity index (χ0v) is 11.2. The minimum absolute atomic E-state index is 0.293. The Bertz CT molecular complexity index is 439. The molecule has 0 aliphatic heterocycles. The van der Waals surface area contributed by atoms with Gasteiger partial charge in [0.1, 0.15) is 5.65 Å². The third-order valence-electron chi connectivity index (χ3n) is 2.59. The Hall–Kier alpha value is -1.04. The normalized spacial score (nSPS) is 11.2. The summed E-state index contributed by atoms with van der Waals surface area (Å²) in [7, 11) is 0. The fourth-order valence-electron chi connectivity index (χ4n) is 1.70. The van der Waals surface area contributed by atoms with E-state index in [1.54, 1.807) is 0 Å². The van der Waals surface area contributed by atoms with Gasteiger partial charge in [0, 0.05) is 37.8 Å². The molecule has 0 saturated carbocycles. The molecule has 2 aromatic rings. The summed E-state index contributed by atoms with van der Waals surface area (Å²) in [6.07, 6.45) is 4.95. The molecule has 0 aliphatic rings. The number of nitrogens with zero attached hydrogens (tertiary/aromatic N) is 2. The molecule has 2 aromatic heterocycles. The van der Waals surface area contributed by atoms with Crippen molar-refractivity contribution in [3.63, 3.8) is 0 Å². The highest BCUT2D eigenvalue weighted by atomic mass is 32.2. The second kappa shape index (κ2) is 7.41. The first kappa shape index (κ1) is 13.4. The van der Waals surface area contributed by atoms with E-state index in [1.807, 2.05) is 40.6 Å². The van der Waals surface area contributed by atoms with Gasteiger partial charge in [0.15, 0.2) is 0 Å². The Kier molecular flexibility index (Phi) is 5.51. The number of nitrogens with one attached hydrogen (secondary N) is 1. The second-order valence-corrected chi connectivity index (χ2v) is 5.29. The molecule has 0 unspecified atom stereocenters. The van der Waals surface area contributed by atoms with E-state index in [4.69, 9.17) is 5.11 Å². The van der Waals surface area contributed by atoms with Gasteiger partial charge in [-0.3, -0.25) is 0 Å². The van der Waals surface area contributed by atoms with Crippen LogP contribution >= 0.6 is 11.8 Å². The molecule has 0 aliphatic carbocycles. The van der Waals surface area contributed by atoms with E-state index >= 15 is 0 Å². The number of aliphatic hydroxyl groups excluding tert-OH is 1. The van der Waals surface area contributed by atoms with Crippen LogP contribution in [0.3, 0.4) is 0 Å². The van der Waals surface area contributed by atoms with E-state index < -0.39 is 0 Å². The molecule has 0 bridgehead atoms. The molecule has 5 heteroatoms. The quantitative estimate of drug-likeness (QED) is 0.711. The van der Waals surface area contributed by atoms with Gasteiger partial charge >= 0.3 is 0 Å². The van der Waals surface area contributed by atoms with Crippen LogP contribution in [0.25, 0.3) is 5.65 Å². The third-order valence-corrected chi connectivity index (χ3v) is 3.66. The molecule has 4 nitrogen and oxygen atoms in total. The van der Waals surface area contributed by atoms with E-state index in [9.17, 15) is 0 Å². The molecular weight excluding hydrogens is 246 g/mol. The van der Waals surface area contributed by atoms with E-state index in [1.165, 1.54) is 0 Å². The molecule has 2 N–H and O–H groups in total. The van der Waals surface area contributed by atoms with Crippen LogP contribution in [0.15, 0.2) is 30.6 Å². The first-order valence-electron chi connectivity index (χ1n) is 6.22. The number of rotatable bonds is 8. The van der Waals surface area contributed by atoms with Crippen LogP contribution in [0, 0.1) is 0 Å². The first-order valence-corrected chi connectivity index (χ1v) is 7.37. The summed E-state index contributed by atoms with van der Waals surface area (Å²) in [5.41, 5.74) is 2.06. The van der Waals surface area contributed by atoms with Crippen molar-refractivity contribution in [1.29, 1.82) is 0 Å². The lowest BCUT2D eigenvalue weighted by Crippen LogP contribution is -2.16. The number of imidazole rings is 1. The average molecular weight is 265 g/mol. The van der Waals surface area contributed by atoms with E-state index in [0.29, 0.717) is 6.61 Å². The molecule has 2 heterocycles. The molecule has 0 aromatic carbocycles. The fourth-order valence-corrected chi connectivity index (χ4v) is 2.53. The Morgan fingerprint density at radius 1 is 1.33 bits per heavy atom. The van der Waals surface area contributed by atoms with Crippen LogP contribution < -0.4 is 5.32 Å². The highest BCUT2D eigenvalue weighted by molar-refractivity contribution is 7.99. The maximum Gasteiger partial charge on any atom is 0.137 e. The van der Waals surface area contributed by atoms with E-state index in [0.717, 1.165) is 42.4 Å². The Labute approximate surface area is 111 Å². The Morgan fingerprint density at radius 2 is 2.28 bits per heavy atom. The van der Waals surface area contributed by atoms with Gasteiger partial charge in [-0.2, -0.15) is 11.8 Å². The van der Waals surface area contributed by atoms with Crippen molar-refractivity contribution in [3.05, 3.63) is 36.3 Å². The minimum Gasteiger partial charge on any atom is -0.396 e. The van der Waals surface area contributed by atoms with Crippen molar-refractivity contribution in [2.24, 2.45) is 0 Å². The lowest BCUT2D eigenvalue weighted by atomic mass is 10.5. The van der Waals surface area contributed by atoms with Crippen molar-refractivity contribution in [3.8, 4) is 0 Å². The fraction of sp³-hybridized carbons (Fsp3) is 0.462. The minimum atomic E-state index is 0.293. The summed E-state index contributed by atoms with van der Waals surface area (Å²) in [5.74, 6) is 2.11. The van der Waals surface area contributed by atoms with Crippen molar-refractivity contribution >= 4 is 17.4 Å². The van der Waals surface area contributed by atoms with Crippen LogP contribution in [0.2, 0.25) is 0 Å². The number of fused-ring (bicyclic) bond motifs is 1. The second-order valence-electron chi connectivity index (χ2n) is 4.06. The number of aliphatic hydroxyl groups is 1. The predicted octanol–water partition coefficient (Wildman–Crippen LogP) is 1.54. The highest BCUT2D eigenvalue weighted by Gasteiger charge is 1.99. The highest BCUT2D eigenvalue weighted by Crippen LogP contribution is 2.04. The van der Waals surface area contributed by atoms with Gasteiger partial charge in [-0.15, -0.1) is 0 Å². The standard InChI is InChI=1S/C13H19N3OS/c17-7-3-8-18-9-5-14-10-12-11-16-6-2-1-4-13(16)15-12/h1-2,4,6,11,14,17H,3,5,7-10H2. The zero-order valence-electron chi connectivity index (χ0n) is 10.4. The number of hydrogen-bond acceptors (Lipinski definition) is 4. The molecule has 18 heavy (non-hydrogen) atoms. The van der Waals surface area contributed by atoms with Gasteiger partial charge in [-0.05, 0) is 24.3 Å². The molecule has 0 amide bonds. The monoisotopic (exact) mass is 265 g/mol. The van der Waals surface area contributed by atoms with E-state index in [-0.39, 0.29) is 0 Å². The topological polar surface area (TPSA) is 49.6 Å². The number of pyridine rings is 1. The van der Waals surface area contributed by atoms with Gasteiger partial charge in [-0.25, -0.2) is 4.98 Å². The Morgan fingerprint density at radius 3 is 3.11 bits per heavy atom. The average Bonchev–Trinajstić information content (AvgIpc) is 2.80.